The molecule has 0 aliphatic heterocycles. The van der Waals surface area contributed by atoms with Gasteiger partial charge in [0.1, 0.15) is 5.75 Å². The van der Waals surface area contributed by atoms with Crippen molar-refractivity contribution in [2.45, 2.75) is 29.9 Å². The van der Waals surface area contributed by atoms with Gasteiger partial charge in [0.05, 0.1) is 4.90 Å². The van der Waals surface area contributed by atoms with E-state index in [0.29, 0.717) is 17.3 Å². The van der Waals surface area contributed by atoms with Gasteiger partial charge in [-0.1, -0.05) is 22.0 Å². The lowest BCUT2D eigenvalue weighted by atomic mass is 10.1. The number of rotatable bonds is 6. The zero-order valence-corrected chi connectivity index (χ0v) is 11.9. The molecule has 108 valence electrons. The van der Waals surface area contributed by atoms with Gasteiger partial charge in [-0.15, -0.1) is 0 Å². The largest absolute Gasteiger partial charge is 0.446 e. The molecule has 0 N–H and O–H groups in total. The van der Waals surface area contributed by atoms with Crippen LogP contribution in [-0.4, -0.2) is 17.4 Å². The molecular weight excluding hydrogens is 355 g/mol. The molecule has 0 saturated heterocycles. The first-order chi connectivity index (χ1) is 8.81. The molecular formula is C11H10BrF5OS. The number of hydrogen-bond donors (Lipinski definition) is 0. The van der Waals surface area contributed by atoms with Gasteiger partial charge in [-0.25, -0.2) is 0 Å². The lowest BCUT2D eigenvalue weighted by molar-refractivity contribution is -0.0527. The Labute approximate surface area is 119 Å². The summed E-state index contributed by atoms with van der Waals surface area (Å²) < 4.78 is 65.4. The first-order valence-corrected chi connectivity index (χ1v) is 7.15. The minimum Gasteiger partial charge on any atom is -0.434 e. The molecule has 1 aromatic rings. The fourth-order valence-electron chi connectivity index (χ4n) is 1.38. The second-order valence-electron chi connectivity index (χ2n) is 3.50. The van der Waals surface area contributed by atoms with Gasteiger partial charge in [0.2, 0.25) is 0 Å². The lowest BCUT2D eigenvalue weighted by Crippen LogP contribution is -2.06. The van der Waals surface area contributed by atoms with Crippen LogP contribution in [0.25, 0.3) is 0 Å². The molecule has 0 saturated carbocycles. The molecule has 0 heterocycles. The van der Waals surface area contributed by atoms with Crippen LogP contribution in [0.3, 0.4) is 0 Å². The van der Waals surface area contributed by atoms with Gasteiger partial charge in [-0.3, -0.25) is 0 Å². The maximum absolute atomic E-state index is 12.4. The minimum atomic E-state index is -4.55. The molecule has 0 bridgehead atoms. The summed E-state index contributed by atoms with van der Waals surface area (Å²) in [6.45, 7) is -3.15. The smallest absolute Gasteiger partial charge is 0.434 e. The predicted molar refractivity (Wildman–Crippen MR) is 67.1 cm³/mol. The minimum absolute atomic E-state index is 0.347. The first-order valence-electron chi connectivity index (χ1n) is 5.21. The molecule has 0 aromatic heterocycles. The summed E-state index contributed by atoms with van der Waals surface area (Å²) in [6, 6.07) is 3.86. The SMILES string of the molecule is FC(F)Oc1ccc(CCCBr)cc1SC(F)(F)F. The third-order valence-corrected chi connectivity index (χ3v) is 3.38. The third-order valence-electron chi connectivity index (χ3n) is 2.05. The van der Waals surface area contributed by atoms with Crippen molar-refractivity contribution in [1.29, 1.82) is 0 Å². The molecule has 1 rings (SSSR count). The molecule has 0 unspecified atom stereocenters. The molecule has 0 amide bonds. The summed E-state index contributed by atoms with van der Waals surface area (Å²) in [5.74, 6) is -0.458. The van der Waals surface area contributed by atoms with E-state index >= 15 is 0 Å². The maximum Gasteiger partial charge on any atom is 0.446 e. The fourth-order valence-corrected chi connectivity index (χ4v) is 2.33. The van der Waals surface area contributed by atoms with E-state index in [1.54, 1.807) is 0 Å². The molecule has 0 aliphatic carbocycles. The Bertz CT molecular complexity index is 411. The monoisotopic (exact) mass is 364 g/mol. The van der Waals surface area contributed by atoms with Crippen LogP contribution < -0.4 is 4.74 Å². The summed E-state index contributed by atoms with van der Waals surface area (Å²) in [6.07, 6.45) is 1.30. The number of alkyl halides is 6. The first kappa shape index (κ1) is 16.6. The van der Waals surface area contributed by atoms with Crippen LogP contribution in [0.5, 0.6) is 5.75 Å². The Kier molecular flexibility index (Phi) is 6.38. The standard InChI is InChI=1S/C11H10BrF5OS/c12-5-1-2-7-3-4-8(18-10(13)14)9(6-7)19-11(15,16)17/h3-4,6,10H,1-2,5H2. The average Bonchev–Trinajstić information content (AvgIpc) is 2.27. The van der Waals surface area contributed by atoms with Crippen LogP contribution in [0.4, 0.5) is 22.0 Å². The van der Waals surface area contributed by atoms with Gasteiger partial charge in [-0.05, 0) is 42.3 Å². The molecule has 1 nitrogen and oxygen atoms in total. The highest BCUT2D eigenvalue weighted by atomic mass is 79.9. The average molecular weight is 365 g/mol. The highest BCUT2D eigenvalue weighted by Gasteiger charge is 2.31. The van der Waals surface area contributed by atoms with E-state index in [-0.39, 0.29) is 4.90 Å². The number of hydrogen-bond acceptors (Lipinski definition) is 2. The number of ether oxygens (including phenoxy) is 1. The van der Waals surface area contributed by atoms with Gasteiger partial charge in [-0.2, -0.15) is 22.0 Å². The van der Waals surface area contributed by atoms with Gasteiger partial charge in [0, 0.05) is 5.33 Å². The number of benzene rings is 1. The van der Waals surface area contributed by atoms with E-state index in [0.717, 1.165) is 12.5 Å². The zero-order chi connectivity index (χ0) is 14.5. The van der Waals surface area contributed by atoms with Crippen LogP contribution in [-0.2, 0) is 6.42 Å². The lowest BCUT2D eigenvalue weighted by Gasteiger charge is -2.13. The van der Waals surface area contributed by atoms with Crippen molar-refractivity contribution >= 4 is 27.7 Å². The summed E-state index contributed by atoms with van der Waals surface area (Å²) in [7, 11) is 0. The van der Waals surface area contributed by atoms with Crippen molar-refractivity contribution in [1.82, 2.24) is 0 Å². The molecule has 19 heavy (non-hydrogen) atoms. The molecule has 0 aliphatic rings. The summed E-state index contributed by atoms with van der Waals surface area (Å²) in [4.78, 5) is -0.347. The molecule has 0 spiro atoms. The summed E-state index contributed by atoms with van der Waals surface area (Å²) in [5.41, 5.74) is -3.90. The quantitative estimate of drug-likeness (QED) is 0.388. The molecule has 8 heteroatoms. The van der Waals surface area contributed by atoms with Crippen molar-refractivity contribution in [3.63, 3.8) is 0 Å². The Hall–Kier alpha value is -0.500. The van der Waals surface area contributed by atoms with E-state index in [2.05, 4.69) is 20.7 Å². The Morgan fingerprint density at radius 3 is 2.47 bits per heavy atom. The number of halogens is 6. The van der Waals surface area contributed by atoms with Crippen molar-refractivity contribution in [2.24, 2.45) is 0 Å². The Balaban J connectivity index is 2.96. The van der Waals surface area contributed by atoms with E-state index in [1.165, 1.54) is 12.1 Å². The van der Waals surface area contributed by atoms with Crippen molar-refractivity contribution in [3.8, 4) is 5.75 Å². The van der Waals surface area contributed by atoms with E-state index < -0.39 is 29.6 Å². The number of aryl methyl sites for hydroxylation is 1. The van der Waals surface area contributed by atoms with E-state index in [4.69, 9.17) is 0 Å². The second-order valence-corrected chi connectivity index (χ2v) is 5.40. The van der Waals surface area contributed by atoms with Crippen molar-refractivity contribution in [3.05, 3.63) is 23.8 Å². The van der Waals surface area contributed by atoms with Crippen LogP contribution >= 0.6 is 27.7 Å². The second kappa shape index (κ2) is 7.33. The maximum atomic E-state index is 12.4. The van der Waals surface area contributed by atoms with Crippen molar-refractivity contribution < 1.29 is 26.7 Å². The van der Waals surface area contributed by atoms with Gasteiger partial charge < -0.3 is 4.74 Å². The third kappa shape index (κ3) is 6.47. The molecule has 0 atom stereocenters. The molecule has 1 aromatic carbocycles. The topological polar surface area (TPSA) is 9.23 Å². The van der Waals surface area contributed by atoms with E-state index in [1.807, 2.05) is 0 Å². The van der Waals surface area contributed by atoms with Gasteiger partial charge >= 0.3 is 12.1 Å². The highest BCUT2D eigenvalue weighted by Crippen LogP contribution is 2.42. The molecule has 0 fully saturated rings. The van der Waals surface area contributed by atoms with Gasteiger partial charge in [0.25, 0.3) is 0 Å². The van der Waals surface area contributed by atoms with Crippen LogP contribution in [0.2, 0.25) is 0 Å². The normalized spacial score (nSPS) is 11.9. The Morgan fingerprint density at radius 1 is 1.26 bits per heavy atom. The highest BCUT2D eigenvalue weighted by molar-refractivity contribution is 9.09. The van der Waals surface area contributed by atoms with E-state index in [9.17, 15) is 22.0 Å². The van der Waals surface area contributed by atoms with Crippen LogP contribution in [0.1, 0.15) is 12.0 Å². The van der Waals surface area contributed by atoms with Crippen LogP contribution in [0, 0.1) is 0 Å². The zero-order valence-electron chi connectivity index (χ0n) is 9.52. The Morgan fingerprint density at radius 2 is 1.95 bits per heavy atom. The summed E-state index contributed by atoms with van der Waals surface area (Å²) >= 11 is 2.76. The van der Waals surface area contributed by atoms with Crippen molar-refractivity contribution in [2.75, 3.05) is 5.33 Å². The molecule has 0 radical (unpaired) electrons. The van der Waals surface area contributed by atoms with Gasteiger partial charge in [0.15, 0.2) is 0 Å². The number of thioether (sulfide) groups is 1. The summed E-state index contributed by atoms with van der Waals surface area (Å²) in [5, 5.41) is 0.712. The van der Waals surface area contributed by atoms with Crippen LogP contribution in [0.15, 0.2) is 23.1 Å². The fraction of sp³-hybridized carbons (Fsp3) is 0.455. The predicted octanol–water partition coefficient (Wildman–Crippen LogP) is 5.23.